The molecule has 1 heterocycles. The fourth-order valence-electron chi connectivity index (χ4n) is 2.47. The van der Waals surface area contributed by atoms with Crippen LogP contribution in [0.3, 0.4) is 0 Å². The molecule has 0 aliphatic carbocycles. The highest BCUT2D eigenvalue weighted by Crippen LogP contribution is 2.20. The van der Waals surface area contributed by atoms with E-state index in [0.29, 0.717) is 0 Å². The summed E-state index contributed by atoms with van der Waals surface area (Å²) in [4.78, 5) is 36.4. The molecule has 2 unspecified atom stereocenters. The molecular formula is C15H17FN2O5. The number of likely N-dealkylation sites (tertiary alicyclic amines) is 1. The molecule has 2 amide bonds. The van der Waals surface area contributed by atoms with Crippen LogP contribution in [0.4, 0.5) is 4.39 Å². The summed E-state index contributed by atoms with van der Waals surface area (Å²) in [6.07, 6.45) is -0.144. The molecule has 2 atom stereocenters. The third kappa shape index (κ3) is 4.04. The van der Waals surface area contributed by atoms with E-state index in [1.54, 1.807) is 0 Å². The summed E-state index contributed by atoms with van der Waals surface area (Å²) in [5, 5.41) is 11.5. The highest BCUT2D eigenvalue weighted by molar-refractivity contribution is 5.97. The molecule has 23 heavy (non-hydrogen) atoms. The van der Waals surface area contributed by atoms with Gasteiger partial charge in [0, 0.05) is 25.6 Å². The van der Waals surface area contributed by atoms with E-state index in [-0.39, 0.29) is 31.2 Å². The molecule has 0 aromatic heterocycles. The summed E-state index contributed by atoms with van der Waals surface area (Å²) in [5.74, 6) is -2.80. The van der Waals surface area contributed by atoms with Crippen LogP contribution >= 0.6 is 0 Å². The molecule has 1 aromatic rings. The van der Waals surface area contributed by atoms with Crippen molar-refractivity contribution in [2.24, 2.45) is 0 Å². The molecule has 0 radical (unpaired) electrons. The van der Waals surface area contributed by atoms with Crippen molar-refractivity contribution in [2.75, 3.05) is 20.2 Å². The number of carboxylic acid groups (broad SMARTS) is 1. The lowest BCUT2D eigenvalue weighted by Crippen LogP contribution is -2.45. The highest BCUT2D eigenvalue weighted by Gasteiger charge is 2.39. The second kappa shape index (κ2) is 7.19. The summed E-state index contributed by atoms with van der Waals surface area (Å²) >= 11 is 0. The second-order valence-corrected chi connectivity index (χ2v) is 5.19. The van der Waals surface area contributed by atoms with Crippen LogP contribution in [0.1, 0.15) is 16.8 Å². The molecule has 124 valence electrons. The summed E-state index contributed by atoms with van der Waals surface area (Å²) in [7, 11) is 1.45. The van der Waals surface area contributed by atoms with E-state index < -0.39 is 29.6 Å². The molecule has 0 bridgehead atoms. The lowest BCUT2D eigenvalue weighted by Gasteiger charge is -2.21. The summed E-state index contributed by atoms with van der Waals surface area (Å²) in [6.45, 7) is -0.211. The zero-order chi connectivity index (χ0) is 17.0. The Balaban J connectivity index is 1.96. The van der Waals surface area contributed by atoms with E-state index in [0.717, 1.165) is 6.07 Å². The van der Waals surface area contributed by atoms with Gasteiger partial charge in [-0.3, -0.25) is 9.59 Å². The van der Waals surface area contributed by atoms with Crippen LogP contribution in [0.2, 0.25) is 0 Å². The molecule has 1 aliphatic rings. The number of benzene rings is 1. The van der Waals surface area contributed by atoms with Gasteiger partial charge in [-0.15, -0.1) is 0 Å². The number of amides is 2. The van der Waals surface area contributed by atoms with Gasteiger partial charge in [0.15, 0.2) is 0 Å². The minimum absolute atomic E-state index is 0.0868. The molecule has 0 spiro atoms. The van der Waals surface area contributed by atoms with Gasteiger partial charge >= 0.3 is 5.97 Å². The van der Waals surface area contributed by atoms with E-state index in [2.05, 4.69) is 5.32 Å². The fourth-order valence-corrected chi connectivity index (χ4v) is 2.47. The molecule has 1 saturated heterocycles. The lowest BCUT2D eigenvalue weighted by molar-refractivity contribution is -0.147. The minimum atomic E-state index is -1.12. The Bertz CT molecular complexity index is 622. The molecule has 7 nitrogen and oxygen atoms in total. The number of carbonyl (C=O) groups excluding carboxylic acids is 2. The van der Waals surface area contributed by atoms with Crippen molar-refractivity contribution in [2.45, 2.75) is 18.6 Å². The van der Waals surface area contributed by atoms with Gasteiger partial charge in [-0.05, 0) is 18.2 Å². The number of nitrogens with zero attached hydrogens (tertiary/aromatic N) is 1. The van der Waals surface area contributed by atoms with Crippen LogP contribution in [0.5, 0.6) is 0 Å². The first-order chi connectivity index (χ1) is 10.9. The Labute approximate surface area is 132 Å². The van der Waals surface area contributed by atoms with Crippen LogP contribution in [-0.2, 0) is 14.3 Å². The maximum atomic E-state index is 13.1. The van der Waals surface area contributed by atoms with Crippen LogP contribution in [-0.4, -0.2) is 60.1 Å². The Hall–Kier alpha value is -2.48. The number of ether oxygens (including phenoxy) is 1. The molecule has 1 fully saturated rings. The average Bonchev–Trinajstić information content (AvgIpc) is 2.97. The van der Waals surface area contributed by atoms with E-state index in [1.807, 2.05) is 0 Å². The lowest BCUT2D eigenvalue weighted by atomic mass is 10.2. The molecule has 0 saturated carbocycles. The van der Waals surface area contributed by atoms with Crippen molar-refractivity contribution in [3.05, 3.63) is 35.6 Å². The monoisotopic (exact) mass is 324 g/mol. The van der Waals surface area contributed by atoms with E-state index >= 15 is 0 Å². The van der Waals surface area contributed by atoms with Crippen LogP contribution < -0.4 is 5.32 Å². The maximum absolute atomic E-state index is 13.1. The molecule has 8 heteroatoms. The topological polar surface area (TPSA) is 95.9 Å². The van der Waals surface area contributed by atoms with Crippen LogP contribution in [0.15, 0.2) is 24.3 Å². The Kier molecular flexibility index (Phi) is 5.28. The predicted molar refractivity (Wildman–Crippen MR) is 77.3 cm³/mol. The number of carboxylic acids is 1. The second-order valence-electron chi connectivity index (χ2n) is 5.19. The van der Waals surface area contributed by atoms with Gasteiger partial charge in [0.2, 0.25) is 5.91 Å². The number of carbonyl (C=O) groups is 3. The SMILES string of the molecule is COC1CC(C(=O)O)N(C(=O)CNC(=O)c2cccc(F)c2)C1. The van der Waals surface area contributed by atoms with Crippen molar-refractivity contribution in [1.29, 1.82) is 0 Å². The summed E-state index contributed by atoms with van der Waals surface area (Å²) in [5.41, 5.74) is 0.0868. The van der Waals surface area contributed by atoms with Gasteiger partial charge in [-0.25, -0.2) is 9.18 Å². The number of hydrogen-bond donors (Lipinski definition) is 2. The normalized spacial score (nSPS) is 20.3. The number of halogens is 1. The Morgan fingerprint density at radius 3 is 2.78 bits per heavy atom. The number of hydrogen-bond acceptors (Lipinski definition) is 4. The first-order valence-corrected chi connectivity index (χ1v) is 7.01. The smallest absolute Gasteiger partial charge is 0.326 e. The van der Waals surface area contributed by atoms with Crippen molar-refractivity contribution in [3.63, 3.8) is 0 Å². The highest BCUT2D eigenvalue weighted by atomic mass is 19.1. The quantitative estimate of drug-likeness (QED) is 0.810. The first-order valence-electron chi connectivity index (χ1n) is 7.01. The Morgan fingerprint density at radius 2 is 2.17 bits per heavy atom. The van der Waals surface area contributed by atoms with Gasteiger partial charge in [-0.2, -0.15) is 0 Å². The van der Waals surface area contributed by atoms with Crippen LogP contribution in [0.25, 0.3) is 0 Å². The van der Waals surface area contributed by atoms with Crippen LogP contribution in [0, 0.1) is 5.82 Å². The van der Waals surface area contributed by atoms with Crippen molar-refractivity contribution >= 4 is 17.8 Å². The predicted octanol–water partition coefficient (Wildman–Crippen LogP) is 0.256. The standard InChI is InChI=1S/C15H17FN2O5/c1-23-11-6-12(15(21)22)18(8-11)13(19)7-17-14(20)9-3-2-4-10(16)5-9/h2-5,11-12H,6-8H2,1H3,(H,17,20)(H,21,22). The molecule has 2 N–H and O–H groups in total. The summed E-state index contributed by atoms with van der Waals surface area (Å²) < 4.78 is 18.2. The zero-order valence-electron chi connectivity index (χ0n) is 12.5. The third-order valence-electron chi connectivity index (χ3n) is 3.69. The Morgan fingerprint density at radius 1 is 1.43 bits per heavy atom. The van der Waals surface area contributed by atoms with Gasteiger partial charge in [0.1, 0.15) is 11.9 Å². The van der Waals surface area contributed by atoms with Crippen molar-refractivity contribution in [3.8, 4) is 0 Å². The molecular weight excluding hydrogens is 307 g/mol. The number of nitrogens with one attached hydrogen (secondary N) is 1. The van der Waals surface area contributed by atoms with Crippen molar-refractivity contribution < 1.29 is 28.6 Å². The number of methoxy groups -OCH3 is 1. The third-order valence-corrected chi connectivity index (χ3v) is 3.69. The summed E-state index contributed by atoms with van der Waals surface area (Å²) in [6, 6.07) is 4.08. The van der Waals surface area contributed by atoms with Gasteiger partial charge in [0.25, 0.3) is 5.91 Å². The fraction of sp³-hybridized carbons (Fsp3) is 0.400. The molecule has 2 rings (SSSR count). The maximum Gasteiger partial charge on any atom is 0.326 e. The van der Waals surface area contributed by atoms with E-state index in [1.165, 1.54) is 30.2 Å². The largest absolute Gasteiger partial charge is 0.480 e. The molecule has 1 aliphatic heterocycles. The average molecular weight is 324 g/mol. The van der Waals surface area contributed by atoms with Gasteiger partial charge in [0.05, 0.1) is 12.6 Å². The van der Waals surface area contributed by atoms with Crippen molar-refractivity contribution in [1.82, 2.24) is 10.2 Å². The van der Waals surface area contributed by atoms with Gasteiger partial charge in [-0.1, -0.05) is 6.07 Å². The zero-order valence-corrected chi connectivity index (χ0v) is 12.5. The van der Waals surface area contributed by atoms with Gasteiger partial charge < -0.3 is 20.1 Å². The molecule has 1 aromatic carbocycles. The van der Waals surface area contributed by atoms with E-state index in [9.17, 15) is 18.8 Å². The number of rotatable bonds is 5. The number of aliphatic carboxylic acids is 1. The first kappa shape index (κ1) is 16.9. The van der Waals surface area contributed by atoms with E-state index in [4.69, 9.17) is 9.84 Å². The minimum Gasteiger partial charge on any atom is -0.480 e.